The summed E-state index contributed by atoms with van der Waals surface area (Å²) in [6, 6.07) is 6.81. The number of carboxylic acid groups (broad SMARTS) is 1. The Labute approximate surface area is 402 Å². The van der Waals surface area contributed by atoms with Gasteiger partial charge in [0.2, 0.25) is 12.3 Å². The van der Waals surface area contributed by atoms with E-state index in [2.05, 4.69) is 64.1 Å². The second-order valence-electron chi connectivity index (χ2n) is 18.1. The lowest BCUT2D eigenvalue weighted by molar-refractivity contribution is -0.223. The molecule has 17 nitrogen and oxygen atoms in total. The first kappa shape index (κ1) is 65.5. The molecule has 18 heteroatoms. The minimum Gasteiger partial charge on any atom is -0.479 e. The van der Waals surface area contributed by atoms with Crippen LogP contribution in [0.4, 0.5) is 10.2 Å². The molecule has 0 radical (unpaired) electrons. The molecule has 2 amide bonds. The van der Waals surface area contributed by atoms with Crippen molar-refractivity contribution in [3.05, 3.63) is 29.8 Å². The minimum absolute atomic E-state index is 0.00995. The molecule has 1 aromatic rings. The predicted octanol–water partition coefficient (Wildman–Crippen LogP) is 5.23. The maximum atomic E-state index is 12.3. The van der Waals surface area contributed by atoms with E-state index in [1.807, 2.05) is 40.0 Å². The van der Waals surface area contributed by atoms with E-state index >= 15 is 0 Å². The molecule has 0 bridgehead atoms. The summed E-state index contributed by atoms with van der Waals surface area (Å²) in [4.78, 5) is 60.8. The van der Waals surface area contributed by atoms with Gasteiger partial charge < -0.3 is 59.2 Å². The average Bonchev–Trinajstić information content (AvgIpc) is 3.71. The summed E-state index contributed by atoms with van der Waals surface area (Å²) >= 11 is 0. The third-order valence-electron chi connectivity index (χ3n) is 11.6. The molecule has 2 fully saturated rings. The number of methoxy groups -OCH3 is 2. The first-order valence-corrected chi connectivity index (χ1v) is 23.8. The summed E-state index contributed by atoms with van der Waals surface area (Å²) in [6.45, 7) is 18.6. The highest BCUT2D eigenvalue weighted by molar-refractivity contribution is 5.78. The largest absolute Gasteiger partial charge is 0.479 e. The Balaban J connectivity index is 0. The quantitative estimate of drug-likeness (QED) is 0.0664. The molecule has 67 heavy (non-hydrogen) atoms. The third kappa shape index (κ3) is 26.6. The molecular weight excluding hydrogens is 868 g/mol. The van der Waals surface area contributed by atoms with Crippen molar-refractivity contribution in [2.45, 2.75) is 162 Å². The number of hydrogen-bond acceptors (Lipinski definition) is 14. The number of rotatable bonds is 24. The van der Waals surface area contributed by atoms with Crippen molar-refractivity contribution in [2.24, 2.45) is 17.8 Å². The van der Waals surface area contributed by atoms with Gasteiger partial charge in [-0.15, -0.1) is 4.48 Å². The standard InChI is InChI=1S/C16H21FN2O6.C13H26N2O3.C10H21NO.C7H15NO.C3H8/c17-19-11-3-1-10(2-4-11)5-12(18-9-20)8-24-15-7-13(21)6-14(25-15)16(22)23;1-6-10(2)13(11(18-5)7-8-16)15(4)12(17)9-14-3;1-8(2)10(12-4)9-6-5-7-11(9)3;1-6(2)7(5-9)8(3)4;1-3-2/h1-4,9,12-15,19,21H,5-8H2,(H,18,20)(H,22,23);8,10-11,13-14H,6-7,9H2,1-5H3;8-10H,5-7H2,1-4H3;5-7H,1-4H3;3H2,1-2H3. The molecule has 2 aliphatic rings. The van der Waals surface area contributed by atoms with E-state index in [-0.39, 0.29) is 55.5 Å². The van der Waals surface area contributed by atoms with Crippen molar-refractivity contribution in [1.29, 1.82) is 0 Å². The van der Waals surface area contributed by atoms with E-state index in [0.29, 0.717) is 55.5 Å². The van der Waals surface area contributed by atoms with Crippen LogP contribution < -0.4 is 16.2 Å². The number of aliphatic carboxylic acids is 1. The van der Waals surface area contributed by atoms with Crippen molar-refractivity contribution in [2.75, 3.05) is 74.7 Å². The van der Waals surface area contributed by atoms with Crippen LogP contribution in [-0.2, 0) is 49.3 Å². The van der Waals surface area contributed by atoms with Crippen LogP contribution in [0.2, 0.25) is 0 Å². The fourth-order valence-corrected chi connectivity index (χ4v) is 7.85. The predicted molar refractivity (Wildman–Crippen MR) is 262 cm³/mol. The molecule has 10 atom stereocenters. The van der Waals surface area contributed by atoms with Crippen LogP contribution in [0.15, 0.2) is 24.3 Å². The zero-order chi connectivity index (χ0) is 51.6. The van der Waals surface area contributed by atoms with Gasteiger partial charge in [0.15, 0.2) is 12.4 Å². The minimum atomic E-state index is -1.16. The SMILES string of the molecule is CC(C)C(C=O)N(C)C.CCC.CCC(C)C(C(CC=O)OC)N(C)C(=O)CNC.COC(C(C)C)C1CCCN1C.O=CNC(COC1CC(O)CC(C(=O)O)O1)Cc1ccc(NF)cc1. The van der Waals surface area contributed by atoms with Crippen molar-refractivity contribution >= 4 is 36.5 Å². The van der Waals surface area contributed by atoms with Crippen molar-refractivity contribution < 1.29 is 57.6 Å². The van der Waals surface area contributed by atoms with Crippen molar-refractivity contribution in [1.82, 2.24) is 25.3 Å². The number of carbonyl (C=O) groups excluding carboxylic acids is 4. The summed E-state index contributed by atoms with van der Waals surface area (Å²) < 4.78 is 34.0. The number of aldehydes is 2. The Morgan fingerprint density at radius 3 is 1.99 bits per heavy atom. The number of likely N-dealkylation sites (N-methyl/N-ethyl adjacent to an activating group) is 4. The molecule has 0 spiro atoms. The summed E-state index contributed by atoms with van der Waals surface area (Å²) in [5.74, 6) is 0.172. The molecular formula is C49H91FN6O11. The van der Waals surface area contributed by atoms with E-state index in [1.165, 1.54) is 31.3 Å². The maximum absolute atomic E-state index is 12.3. The van der Waals surface area contributed by atoms with Crippen LogP contribution in [0, 0.1) is 17.8 Å². The van der Waals surface area contributed by atoms with Crippen LogP contribution in [-0.4, -0.2) is 180 Å². The number of anilines is 1. The van der Waals surface area contributed by atoms with Gasteiger partial charge in [0.25, 0.3) is 0 Å². The van der Waals surface area contributed by atoms with Gasteiger partial charge in [-0.3, -0.25) is 14.5 Å². The lowest BCUT2D eigenvalue weighted by Gasteiger charge is -2.37. The van der Waals surface area contributed by atoms with Gasteiger partial charge in [0.05, 0.1) is 55.3 Å². The second-order valence-corrected chi connectivity index (χ2v) is 18.1. The first-order chi connectivity index (χ1) is 31.7. The van der Waals surface area contributed by atoms with E-state index in [1.54, 1.807) is 50.4 Å². The summed E-state index contributed by atoms with van der Waals surface area (Å²) in [5, 5.41) is 24.2. The molecule has 1 aromatic carbocycles. The number of hydrogen-bond donors (Lipinski definition) is 5. The molecule has 390 valence electrons. The van der Waals surface area contributed by atoms with Gasteiger partial charge in [0, 0.05) is 46.6 Å². The van der Waals surface area contributed by atoms with Crippen molar-refractivity contribution in [3.63, 3.8) is 0 Å². The van der Waals surface area contributed by atoms with Crippen LogP contribution >= 0.6 is 0 Å². The average molecular weight is 959 g/mol. The normalized spacial score (nSPS) is 20.6. The highest BCUT2D eigenvalue weighted by Gasteiger charge is 2.34. The molecule has 10 unspecified atom stereocenters. The van der Waals surface area contributed by atoms with Gasteiger partial charge in [-0.25, -0.2) is 10.3 Å². The van der Waals surface area contributed by atoms with Gasteiger partial charge in [0.1, 0.15) is 12.6 Å². The fourth-order valence-electron chi connectivity index (χ4n) is 7.85. The molecule has 2 heterocycles. The number of likely N-dealkylation sites (tertiary alicyclic amines) is 1. The number of amides is 2. The van der Waals surface area contributed by atoms with E-state index in [4.69, 9.17) is 24.1 Å². The Morgan fingerprint density at radius 1 is 0.985 bits per heavy atom. The number of nitrogens with one attached hydrogen (secondary N) is 3. The topological polar surface area (TPSA) is 209 Å². The van der Waals surface area contributed by atoms with Crippen LogP contribution in [0.3, 0.4) is 0 Å². The number of aliphatic hydroxyl groups excluding tert-OH is 1. The number of ether oxygens (including phenoxy) is 4. The van der Waals surface area contributed by atoms with Gasteiger partial charge in [-0.1, -0.05) is 80.4 Å². The Hall–Kier alpha value is -3.62. The number of aliphatic hydroxyl groups is 1. The number of benzene rings is 1. The summed E-state index contributed by atoms with van der Waals surface area (Å²) in [6.07, 6.45) is 5.47. The van der Waals surface area contributed by atoms with Crippen LogP contribution in [0.5, 0.6) is 0 Å². The highest BCUT2D eigenvalue weighted by Crippen LogP contribution is 2.25. The Kier molecular flexibility index (Phi) is 37.4. The molecule has 5 N–H and O–H groups in total. The number of carbonyl (C=O) groups is 5. The summed E-state index contributed by atoms with van der Waals surface area (Å²) in [5.41, 5.74) is 2.71. The molecule has 2 aliphatic heterocycles. The lowest BCUT2D eigenvalue weighted by atomic mass is 9.91. The van der Waals surface area contributed by atoms with Gasteiger partial charge >= 0.3 is 5.97 Å². The van der Waals surface area contributed by atoms with E-state index < -0.39 is 24.5 Å². The molecule has 3 rings (SSSR count). The maximum Gasteiger partial charge on any atom is 0.333 e. The second kappa shape index (κ2) is 38.3. The van der Waals surface area contributed by atoms with E-state index in [0.717, 1.165) is 24.6 Å². The fraction of sp³-hybridized carbons (Fsp3) is 0.776. The van der Waals surface area contributed by atoms with Crippen LogP contribution in [0.1, 0.15) is 106 Å². The van der Waals surface area contributed by atoms with Gasteiger partial charge in [-0.05, 0) is 89.4 Å². The highest BCUT2D eigenvalue weighted by atomic mass is 19.2. The Bertz CT molecular complexity index is 1440. The molecule has 2 saturated heterocycles. The lowest BCUT2D eigenvalue weighted by Crippen LogP contribution is -2.51. The zero-order valence-electron chi connectivity index (χ0n) is 43.5. The smallest absolute Gasteiger partial charge is 0.333 e. The molecule has 0 aliphatic carbocycles. The molecule has 0 aromatic heterocycles. The number of halogens is 1. The van der Waals surface area contributed by atoms with Crippen LogP contribution in [0.25, 0.3) is 0 Å². The summed E-state index contributed by atoms with van der Waals surface area (Å²) in [7, 11) is 13.0. The monoisotopic (exact) mass is 959 g/mol. The first-order valence-electron chi connectivity index (χ1n) is 23.8. The molecule has 0 saturated carbocycles. The number of carboxylic acids is 1. The van der Waals surface area contributed by atoms with E-state index in [9.17, 15) is 33.6 Å². The Morgan fingerprint density at radius 2 is 1.60 bits per heavy atom. The third-order valence-corrected chi connectivity index (χ3v) is 11.6. The van der Waals surface area contributed by atoms with Crippen molar-refractivity contribution in [3.8, 4) is 0 Å². The number of nitrogens with zero attached hydrogens (tertiary/aromatic N) is 3. The van der Waals surface area contributed by atoms with Gasteiger partial charge in [-0.2, -0.15) is 0 Å². The zero-order valence-corrected chi connectivity index (χ0v) is 43.5.